The zero-order chi connectivity index (χ0) is 27.9. The molecule has 1 fully saturated rings. The molecule has 6 nitrogen and oxygen atoms in total. The number of nitrogens with one attached hydrogen (secondary N) is 1. The van der Waals surface area contributed by atoms with Gasteiger partial charge in [-0.3, -0.25) is 9.59 Å². The number of carbonyl (C=O) groups excluding carboxylic acids is 2. The van der Waals surface area contributed by atoms with Crippen molar-refractivity contribution in [3.63, 3.8) is 0 Å². The van der Waals surface area contributed by atoms with Crippen molar-refractivity contribution in [2.24, 2.45) is 5.92 Å². The summed E-state index contributed by atoms with van der Waals surface area (Å²) in [6, 6.07) is 11.1. The van der Waals surface area contributed by atoms with Crippen LogP contribution in [-0.2, 0) is 4.74 Å². The van der Waals surface area contributed by atoms with Crippen molar-refractivity contribution in [1.29, 1.82) is 0 Å². The highest BCUT2D eigenvalue weighted by Crippen LogP contribution is 2.20. The van der Waals surface area contributed by atoms with Crippen LogP contribution >= 0.6 is 0 Å². The minimum absolute atomic E-state index is 0.0233. The van der Waals surface area contributed by atoms with Crippen LogP contribution in [0.3, 0.4) is 0 Å². The number of aryl methyl sites for hydroxylation is 1. The van der Waals surface area contributed by atoms with Crippen molar-refractivity contribution in [2.75, 3.05) is 46.4 Å². The third-order valence-electron chi connectivity index (χ3n) is 6.74. The van der Waals surface area contributed by atoms with Crippen LogP contribution in [0.1, 0.15) is 44.7 Å². The molecule has 0 atom stereocenters. The summed E-state index contributed by atoms with van der Waals surface area (Å²) in [7, 11) is 1.98. The Labute approximate surface area is 221 Å². The Morgan fingerprint density at radius 3 is 2.42 bits per heavy atom. The van der Waals surface area contributed by atoms with E-state index in [1.807, 2.05) is 56.3 Å². The van der Waals surface area contributed by atoms with Crippen LogP contribution in [0.5, 0.6) is 0 Å². The van der Waals surface area contributed by atoms with E-state index in [4.69, 9.17) is 0 Å². The molecule has 9 heteroatoms. The number of alkyl halides is 3. The van der Waals surface area contributed by atoms with Gasteiger partial charge in [0, 0.05) is 55.8 Å². The molecule has 0 radical (unpaired) electrons. The molecule has 0 unspecified atom stereocenters. The minimum Gasteiger partial charge on any atom is -0.380 e. The first-order valence-electron chi connectivity index (χ1n) is 12.7. The first-order chi connectivity index (χ1) is 17.9. The number of carbonyl (C=O) groups is 2. The van der Waals surface area contributed by atoms with E-state index in [2.05, 4.69) is 21.5 Å². The van der Waals surface area contributed by atoms with Gasteiger partial charge in [0.05, 0.1) is 6.61 Å². The number of benzene rings is 2. The Bertz CT molecular complexity index is 1220. The molecule has 206 valence electrons. The molecule has 2 aromatic carbocycles. The van der Waals surface area contributed by atoms with Crippen LogP contribution in [0.25, 0.3) is 12.8 Å². The van der Waals surface area contributed by atoms with Crippen molar-refractivity contribution < 1.29 is 27.5 Å². The fraction of sp³-hybridized carbons (Fsp3) is 0.448. The number of rotatable bonds is 9. The van der Waals surface area contributed by atoms with Gasteiger partial charge in [-0.25, -0.2) is 0 Å². The van der Waals surface area contributed by atoms with E-state index in [0.29, 0.717) is 24.6 Å². The number of halogens is 3. The van der Waals surface area contributed by atoms with E-state index in [1.165, 1.54) is 0 Å². The van der Waals surface area contributed by atoms with E-state index < -0.39 is 12.8 Å². The summed E-state index contributed by atoms with van der Waals surface area (Å²) in [5.74, 6) is 0.124. The van der Waals surface area contributed by atoms with Gasteiger partial charge in [-0.05, 0) is 61.6 Å². The Hall–Kier alpha value is -3.33. The molecule has 1 saturated heterocycles. The van der Waals surface area contributed by atoms with Crippen LogP contribution in [0.2, 0.25) is 0 Å². The third kappa shape index (κ3) is 8.34. The summed E-state index contributed by atoms with van der Waals surface area (Å²) in [6.45, 7) is 8.57. The first kappa shape index (κ1) is 29.2. The summed E-state index contributed by atoms with van der Waals surface area (Å²) < 4.78 is 41.1. The Morgan fingerprint density at radius 1 is 1.13 bits per heavy atom. The summed E-state index contributed by atoms with van der Waals surface area (Å²) in [6.07, 6.45) is -0.600. The number of amides is 2. The molecule has 1 aliphatic rings. The number of nitrogens with zero attached hydrogens (tertiary/aromatic N) is 2. The number of hydrogen-bond donors (Lipinski definition) is 1. The molecular weight excluding hydrogens is 495 g/mol. The molecule has 2 amide bonds. The standard InChI is InChI=1S/C29H36F3N3O3/c1-20-5-8-24(9-6-20)28(37)35-14-11-23(12-15-35)17-34(4)18-26-21(2)7-10-25(22(26)3)27(36)33-13-16-38-19-29(30,31)32/h5-10,18,23H,2,11-17,19H2,1,3-4H3,(H,33,36)/b26-18+. The van der Waals surface area contributed by atoms with Gasteiger partial charge in [-0.2, -0.15) is 13.2 Å². The molecule has 1 aliphatic heterocycles. The van der Waals surface area contributed by atoms with Gasteiger partial charge in [-0.1, -0.05) is 30.3 Å². The van der Waals surface area contributed by atoms with Crippen LogP contribution in [0, 0.1) is 19.8 Å². The molecule has 0 aliphatic carbocycles. The van der Waals surface area contributed by atoms with Crippen molar-refractivity contribution in [3.05, 3.63) is 69.1 Å². The van der Waals surface area contributed by atoms with Gasteiger partial charge >= 0.3 is 6.18 Å². The fourth-order valence-electron chi connectivity index (χ4n) is 4.61. The number of piperidine rings is 1. The van der Waals surface area contributed by atoms with Gasteiger partial charge in [0.2, 0.25) is 0 Å². The number of hydrogen-bond acceptors (Lipinski definition) is 4. The highest BCUT2D eigenvalue weighted by atomic mass is 19.4. The number of likely N-dealkylation sites (tertiary alicyclic amines) is 1. The zero-order valence-electron chi connectivity index (χ0n) is 22.2. The summed E-state index contributed by atoms with van der Waals surface area (Å²) in [5, 5.41) is 4.22. The largest absolute Gasteiger partial charge is 0.411 e. The van der Waals surface area contributed by atoms with Crippen molar-refractivity contribution in [2.45, 2.75) is 32.9 Å². The lowest BCUT2D eigenvalue weighted by Crippen LogP contribution is -2.41. The molecular formula is C29H36F3N3O3. The number of ether oxygens (including phenoxy) is 1. The fourth-order valence-corrected chi connectivity index (χ4v) is 4.61. The topological polar surface area (TPSA) is 61.9 Å². The van der Waals surface area contributed by atoms with Crippen LogP contribution in [0.4, 0.5) is 13.2 Å². The van der Waals surface area contributed by atoms with Crippen LogP contribution in [-0.4, -0.2) is 74.2 Å². The zero-order valence-corrected chi connectivity index (χ0v) is 22.2. The van der Waals surface area contributed by atoms with Gasteiger partial charge in [-0.15, -0.1) is 0 Å². The molecule has 38 heavy (non-hydrogen) atoms. The molecule has 0 spiro atoms. The normalized spacial score (nSPS) is 15.0. The molecule has 0 bridgehead atoms. The monoisotopic (exact) mass is 531 g/mol. The second-order valence-corrected chi connectivity index (χ2v) is 9.90. The van der Waals surface area contributed by atoms with E-state index in [0.717, 1.165) is 46.5 Å². The lowest BCUT2D eigenvalue weighted by Gasteiger charge is -2.33. The Kier molecular flexibility index (Phi) is 9.96. The Morgan fingerprint density at radius 2 is 1.79 bits per heavy atom. The lowest BCUT2D eigenvalue weighted by atomic mass is 9.95. The van der Waals surface area contributed by atoms with E-state index in [-0.39, 0.29) is 25.0 Å². The quantitative estimate of drug-likeness (QED) is 0.505. The SMILES string of the molecule is C=c1ccc(C(=O)NCCOCC(F)(F)F)c(C)/c1=C/N(C)CC1CCN(C(=O)c2ccc(C)cc2)CC1. The summed E-state index contributed by atoms with van der Waals surface area (Å²) >= 11 is 0. The van der Waals surface area contributed by atoms with Gasteiger partial charge in [0.25, 0.3) is 11.8 Å². The van der Waals surface area contributed by atoms with Gasteiger partial charge in [0.15, 0.2) is 0 Å². The van der Waals surface area contributed by atoms with E-state index >= 15 is 0 Å². The molecule has 0 aromatic heterocycles. The average Bonchev–Trinajstić information content (AvgIpc) is 2.86. The van der Waals surface area contributed by atoms with Crippen LogP contribution in [0.15, 0.2) is 36.4 Å². The second-order valence-electron chi connectivity index (χ2n) is 9.90. The lowest BCUT2D eigenvalue weighted by molar-refractivity contribution is -0.173. The highest BCUT2D eigenvalue weighted by Gasteiger charge is 2.27. The smallest absolute Gasteiger partial charge is 0.380 e. The Balaban J connectivity index is 1.56. The second kappa shape index (κ2) is 13.0. The summed E-state index contributed by atoms with van der Waals surface area (Å²) in [4.78, 5) is 29.4. The summed E-state index contributed by atoms with van der Waals surface area (Å²) in [5.41, 5.74) is 3.03. The van der Waals surface area contributed by atoms with Gasteiger partial charge in [0.1, 0.15) is 6.61 Å². The molecule has 0 saturated carbocycles. The van der Waals surface area contributed by atoms with E-state index in [1.54, 1.807) is 12.1 Å². The first-order valence-corrected chi connectivity index (χ1v) is 12.7. The minimum atomic E-state index is -4.39. The molecule has 1 N–H and O–H groups in total. The molecule has 2 aromatic rings. The molecule has 3 rings (SSSR count). The van der Waals surface area contributed by atoms with Crippen molar-refractivity contribution in [3.8, 4) is 0 Å². The average molecular weight is 532 g/mol. The van der Waals surface area contributed by atoms with Crippen molar-refractivity contribution >= 4 is 24.6 Å². The highest BCUT2D eigenvalue weighted by molar-refractivity contribution is 5.95. The maximum Gasteiger partial charge on any atom is 0.411 e. The molecule has 1 heterocycles. The predicted octanol–water partition coefficient (Wildman–Crippen LogP) is 3.24. The maximum absolute atomic E-state index is 12.8. The predicted molar refractivity (Wildman–Crippen MR) is 142 cm³/mol. The van der Waals surface area contributed by atoms with Crippen LogP contribution < -0.4 is 15.8 Å². The van der Waals surface area contributed by atoms with E-state index in [9.17, 15) is 22.8 Å². The third-order valence-corrected chi connectivity index (χ3v) is 6.74. The maximum atomic E-state index is 12.8. The van der Waals surface area contributed by atoms with Crippen molar-refractivity contribution in [1.82, 2.24) is 15.1 Å². The van der Waals surface area contributed by atoms with Gasteiger partial charge < -0.3 is 19.9 Å².